The summed E-state index contributed by atoms with van der Waals surface area (Å²) >= 11 is 0. The van der Waals surface area contributed by atoms with E-state index in [4.69, 9.17) is 0 Å². The lowest BCUT2D eigenvalue weighted by Gasteiger charge is -2.11. The molecule has 3 rings (SSSR count). The molecule has 0 unspecified atom stereocenters. The molecule has 2 aromatic carbocycles. The zero-order valence-electron chi connectivity index (χ0n) is 17.2. The molecule has 0 spiro atoms. The van der Waals surface area contributed by atoms with E-state index in [9.17, 15) is 27.6 Å². The Bertz CT molecular complexity index is 1230. The van der Waals surface area contributed by atoms with E-state index >= 15 is 0 Å². The van der Waals surface area contributed by atoms with Gasteiger partial charge in [0.25, 0.3) is 5.91 Å². The molecule has 0 aliphatic rings. The Balaban J connectivity index is 1.78. The molecule has 0 atom stereocenters. The molecule has 0 aliphatic carbocycles. The molecule has 0 fully saturated rings. The lowest BCUT2D eigenvalue weighted by Crippen LogP contribution is -2.41. The molecule has 0 bridgehead atoms. The Morgan fingerprint density at radius 2 is 1.76 bits per heavy atom. The van der Waals surface area contributed by atoms with Crippen molar-refractivity contribution in [2.45, 2.75) is 6.18 Å². The number of amides is 3. The average molecular weight is 456 g/mol. The highest BCUT2D eigenvalue weighted by Gasteiger charge is 2.27. The number of benzene rings is 2. The normalized spacial score (nSPS) is 11.0. The van der Waals surface area contributed by atoms with Crippen LogP contribution in [0, 0.1) is 0 Å². The highest BCUT2D eigenvalue weighted by atomic mass is 19.4. The summed E-state index contributed by atoms with van der Waals surface area (Å²) in [6.45, 7) is 1.34. The molecule has 3 N–H and O–H groups in total. The minimum absolute atomic E-state index is 0.00976. The maximum Gasteiger partial charge on any atom is 0.405 e. The van der Waals surface area contributed by atoms with E-state index in [1.54, 1.807) is 35.6 Å². The summed E-state index contributed by atoms with van der Waals surface area (Å²) in [5.74, 6) is -2.04. The second-order valence-corrected chi connectivity index (χ2v) is 6.92. The van der Waals surface area contributed by atoms with Gasteiger partial charge in [0.1, 0.15) is 12.2 Å². The number of nitrogens with one attached hydrogen (secondary N) is 3. The fourth-order valence-corrected chi connectivity index (χ4v) is 2.96. The fourth-order valence-electron chi connectivity index (χ4n) is 2.96. The number of halogens is 3. The maximum absolute atomic E-state index is 12.3. The number of nitrogens with zero attached hydrogens (tertiary/aromatic N) is 1. The van der Waals surface area contributed by atoms with Crippen LogP contribution in [0.3, 0.4) is 0 Å². The van der Waals surface area contributed by atoms with Crippen LogP contribution in [0.25, 0.3) is 22.0 Å². The number of rotatable bonds is 7. The molecule has 10 heteroatoms. The summed E-state index contributed by atoms with van der Waals surface area (Å²) in [7, 11) is 0. The zero-order chi connectivity index (χ0) is 24.0. The third kappa shape index (κ3) is 6.39. The Labute approximate surface area is 186 Å². The Morgan fingerprint density at radius 1 is 1.00 bits per heavy atom. The Kier molecular flexibility index (Phi) is 7.07. The molecule has 0 radical (unpaired) electrons. The highest BCUT2D eigenvalue weighted by Crippen LogP contribution is 2.28. The third-order valence-corrected chi connectivity index (χ3v) is 4.50. The van der Waals surface area contributed by atoms with Gasteiger partial charge in [-0.3, -0.25) is 14.4 Å². The molecule has 3 amide bonds. The number of hydrogen-bond acceptors (Lipinski definition) is 4. The lowest BCUT2D eigenvalue weighted by atomic mass is 10.0. The summed E-state index contributed by atoms with van der Waals surface area (Å²) in [6.07, 6.45) is -3.38. The van der Waals surface area contributed by atoms with Gasteiger partial charge in [-0.25, -0.2) is 4.98 Å². The van der Waals surface area contributed by atoms with Gasteiger partial charge in [-0.1, -0.05) is 36.9 Å². The number of hydrogen-bond donors (Lipinski definition) is 3. The number of alkyl halides is 3. The molecular weight excluding hydrogens is 437 g/mol. The van der Waals surface area contributed by atoms with E-state index in [-0.39, 0.29) is 11.6 Å². The number of fused-ring (bicyclic) bond motifs is 1. The van der Waals surface area contributed by atoms with Crippen LogP contribution in [0.15, 0.2) is 67.3 Å². The number of carbonyl (C=O) groups excluding carboxylic acids is 3. The third-order valence-electron chi connectivity index (χ3n) is 4.50. The zero-order valence-corrected chi connectivity index (χ0v) is 17.2. The first-order chi connectivity index (χ1) is 15.7. The quantitative estimate of drug-likeness (QED) is 0.474. The summed E-state index contributed by atoms with van der Waals surface area (Å²) in [5, 5.41) is 8.28. The van der Waals surface area contributed by atoms with Crippen molar-refractivity contribution in [1.29, 1.82) is 0 Å². The minimum atomic E-state index is -4.54. The molecule has 1 heterocycles. The second-order valence-electron chi connectivity index (χ2n) is 6.92. The number of aromatic nitrogens is 1. The molecular formula is C23H19F3N4O3. The van der Waals surface area contributed by atoms with Crippen molar-refractivity contribution in [1.82, 2.24) is 15.6 Å². The molecule has 0 aliphatic heterocycles. The van der Waals surface area contributed by atoms with Gasteiger partial charge >= 0.3 is 6.18 Å². The van der Waals surface area contributed by atoms with Gasteiger partial charge in [-0.2, -0.15) is 13.2 Å². The van der Waals surface area contributed by atoms with Crippen LogP contribution in [-0.4, -0.2) is 42.0 Å². The van der Waals surface area contributed by atoms with Crippen molar-refractivity contribution in [2.24, 2.45) is 0 Å². The van der Waals surface area contributed by atoms with Crippen LogP contribution < -0.4 is 16.0 Å². The van der Waals surface area contributed by atoms with Crippen molar-refractivity contribution in [3.63, 3.8) is 0 Å². The van der Waals surface area contributed by atoms with Gasteiger partial charge in [-0.05, 0) is 35.7 Å². The van der Waals surface area contributed by atoms with Gasteiger partial charge in [0.2, 0.25) is 11.8 Å². The summed E-state index contributed by atoms with van der Waals surface area (Å²) in [4.78, 5) is 39.8. The lowest BCUT2D eigenvalue weighted by molar-refractivity contribution is -0.137. The van der Waals surface area contributed by atoms with Gasteiger partial charge in [0, 0.05) is 16.6 Å². The van der Waals surface area contributed by atoms with Gasteiger partial charge in [0.15, 0.2) is 0 Å². The smallest absolute Gasteiger partial charge is 0.345 e. The number of carbonyl (C=O) groups is 3. The Hall–Kier alpha value is -4.21. The number of anilines is 1. The topological polar surface area (TPSA) is 100 Å². The van der Waals surface area contributed by atoms with Gasteiger partial charge in [-0.15, -0.1) is 0 Å². The van der Waals surface area contributed by atoms with Crippen LogP contribution >= 0.6 is 0 Å². The molecule has 0 saturated carbocycles. The summed E-state index contributed by atoms with van der Waals surface area (Å²) in [6, 6.07) is 15.6. The number of pyridine rings is 1. The van der Waals surface area contributed by atoms with E-state index in [0.717, 1.165) is 16.8 Å². The summed E-state index contributed by atoms with van der Waals surface area (Å²) in [5.41, 5.74) is 1.69. The first-order valence-electron chi connectivity index (χ1n) is 9.71. The van der Waals surface area contributed by atoms with Crippen LogP contribution in [0.4, 0.5) is 18.9 Å². The van der Waals surface area contributed by atoms with Crippen molar-refractivity contribution >= 4 is 34.2 Å². The van der Waals surface area contributed by atoms with Crippen LogP contribution in [0.2, 0.25) is 0 Å². The standard InChI is InChI=1S/C23H19F3N4O3/c1-2-20(31)30-18-7-3-5-14-9-10-15(11-16(14)18)17-6-4-8-19(29-17)22(33)27-12-21(32)28-13-23(24,25)26/h2-11H,1,12-13H2,(H,27,33)(H,28,32)(H,30,31). The fraction of sp³-hybridized carbons (Fsp3) is 0.130. The van der Waals surface area contributed by atoms with Crippen molar-refractivity contribution in [3.05, 3.63) is 72.9 Å². The largest absolute Gasteiger partial charge is 0.405 e. The second kappa shape index (κ2) is 9.94. The molecule has 3 aromatic rings. The van der Waals surface area contributed by atoms with Gasteiger partial charge < -0.3 is 16.0 Å². The molecule has 170 valence electrons. The van der Waals surface area contributed by atoms with E-state index in [0.29, 0.717) is 16.9 Å². The first-order valence-corrected chi connectivity index (χ1v) is 9.71. The average Bonchev–Trinajstić information content (AvgIpc) is 2.80. The van der Waals surface area contributed by atoms with Crippen molar-refractivity contribution < 1.29 is 27.6 Å². The predicted molar refractivity (Wildman–Crippen MR) is 117 cm³/mol. The van der Waals surface area contributed by atoms with Crippen molar-refractivity contribution in [3.8, 4) is 11.3 Å². The van der Waals surface area contributed by atoms with E-state index < -0.39 is 31.1 Å². The minimum Gasteiger partial charge on any atom is -0.345 e. The van der Waals surface area contributed by atoms with Crippen LogP contribution in [-0.2, 0) is 9.59 Å². The first kappa shape index (κ1) is 23.5. The molecule has 7 nitrogen and oxygen atoms in total. The molecule has 0 saturated heterocycles. The SMILES string of the molecule is C=CC(=O)Nc1cccc2ccc(-c3cccc(C(=O)NCC(=O)NCC(F)(F)F)n3)cc12. The monoisotopic (exact) mass is 456 g/mol. The van der Waals surface area contributed by atoms with Crippen LogP contribution in [0.5, 0.6) is 0 Å². The maximum atomic E-state index is 12.3. The van der Waals surface area contributed by atoms with Crippen molar-refractivity contribution in [2.75, 3.05) is 18.4 Å². The Morgan fingerprint density at radius 3 is 2.48 bits per heavy atom. The van der Waals surface area contributed by atoms with E-state index in [1.165, 1.54) is 6.07 Å². The predicted octanol–water partition coefficient (Wildman–Crippen LogP) is 3.43. The van der Waals surface area contributed by atoms with Crippen LogP contribution in [0.1, 0.15) is 10.5 Å². The summed E-state index contributed by atoms with van der Waals surface area (Å²) < 4.78 is 36.5. The van der Waals surface area contributed by atoms with Gasteiger partial charge in [0.05, 0.1) is 12.2 Å². The molecule has 1 aromatic heterocycles. The van der Waals surface area contributed by atoms with E-state index in [2.05, 4.69) is 22.2 Å². The highest BCUT2D eigenvalue weighted by molar-refractivity contribution is 6.06. The van der Waals surface area contributed by atoms with E-state index in [1.807, 2.05) is 18.2 Å². The molecule has 33 heavy (non-hydrogen) atoms.